The van der Waals surface area contributed by atoms with Gasteiger partial charge in [-0.25, -0.2) is 4.39 Å². The molecule has 1 aliphatic rings. The standard InChI is InChI=1S/C17H16F4N2O/c1-16(2)9-14(24)22-23(16)15(17(19,20)21)12-7-10-5-3-4-6-11(10)8-13(12)18/h3-8,15H,9H2,1-2H3,(H,22,24)/t15-/m0/s1. The molecule has 0 spiro atoms. The van der Waals surface area contributed by atoms with Gasteiger partial charge in [0, 0.05) is 17.5 Å². The number of hydrazine groups is 1. The number of carbonyl (C=O) groups is 1. The SMILES string of the molecule is CC1(C)CC(=O)NN1[C@@H](c1cc2ccccc2cc1F)C(F)(F)F. The molecule has 0 radical (unpaired) electrons. The van der Waals surface area contributed by atoms with Gasteiger partial charge in [-0.15, -0.1) is 0 Å². The van der Waals surface area contributed by atoms with Crippen LogP contribution in [0.2, 0.25) is 0 Å². The van der Waals surface area contributed by atoms with Crippen LogP contribution in [0.25, 0.3) is 10.8 Å². The largest absolute Gasteiger partial charge is 0.410 e. The summed E-state index contributed by atoms with van der Waals surface area (Å²) in [5.74, 6) is -1.47. The Morgan fingerprint density at radius 2 is 1.75 bits per heavy atom. The molecule has 0 bridgehead atoms. The van der Waals surface area contributed by atoms with Gasteiger partial charge < -0.3 is 0 Å². The molecule has 1 heterocycles. The monoisotopic (exact) mass is 340 g/mol. The average Bonchev–Trinajstić information content (AvgIpc) is 2.71. The van der Waals surface area contributed by atoms with Gasteiger partial charge in [-0.3, -0.25) is 10.2 Å². The van der Waals surface area contributed by atoms with E-state index in [1.165, 1.54) is 19.9 Å². The highest BCUT2D eigenvalue weighted by Gasteiger charge is 2.53. The van der Waals surface area contributed by atoms with Crippen molar-refractivity contribution in [1.82, 2.24) is 10.4 Å². The molecule has 1 N–H and O–H groups in total. The zero-order chi connectivity index (χ0) is 17.7. The summed E-state index contributed by atoms with van der Waals surface area (Å²) < 4.78 is 55.7. The van der Waals surface area contributed by atoms with Crippen LogP contribution in [0.3, 0.4) is 0 Å². The number of hydrogen-bond donors (Lipinski definition) is 1. The van der Waals surface area contributed by atoms with Gasteiger partial charge in [-0.05, 0) is 36.8 Å². The molecule has 1 aliphatic heterocycles. The van der Waals surface area contributed by atoms with Gasteiger partial charge in [0.25, 0.3) is 0 Å². The van der Waals surface area contributed by atoms with Crippen molar-refractivity contribution in [2.75, 3.05) is 0 Å². The van der Waals surface area contributed by atoms with Gasteiger partial charge in [0.15, 0.2) is 6.04 Å². The van der Waals surface area contributed by atoms with Crippen molar-refractivity contribution in [1.29, 1.82) is 0 Å². The molecule has 1 saturated heterocycles. The molecule has 3 nitrogen and oxygen atoms in total. The third kappa shape index (κ3) is 2.84. The Labute approximate surface area is 136 Å². The van der Waals surface area contributed by atoms with Gasteiger partial charge in [-0.1, -0.05) is 24.3 Å². The molecule has 2 aromatic carbocycles. The third-order valence-electron chi connectivity index (χ3n) is 4.22. The van der Waals surface area contributed by atoms with E-state index >= 15 is 0 Å². The lowest BCUT2D eigenvalue weighted by molar-refractivity contribution is -0.204. The number of nitrogens with zero attached hydrogens (tertiary/aromatic N) is 1. The number of alkyl halides is 3. The Morgan fingerprint density at radius 3 is 2.25 bits per heavy atom. The minimum absolute atomic E-state index is 0.0885. The van der Waals surface area contributed by atoms with E-state index in [1.807, 2.05) is 0 Å². The van der Waals surface area contributed by atoms with Crippen LogP contribution in [0.5, 0.6) is 0 Å². The highest BCUT2D eigenvalue weighted by molar-refractivity contribution is 5.83. The molecule has 0 aromatic heterocycles. The number of amides is 1. The molecule has 24 heavy (non-hydrogen) atoms. The second-order valence-corrected chi connectivity index (χ2v) is 6.56. The topological polar surface area (TPSA) is 32.3 Å². The van der Waals surface area contributed by atoms with Crippen LogP contribution in [0.4, 0.5) is 17.6 Å². The number of halogens is 4. The van der Waals surface area contributed by atoms with Crippen molar-refractivity contribution >= 4 is 16.7 Å². The van der Waals surface area contributed by atoms with E-state index in [1.54, 1.807) is 24.3 Å². The van der Waals surface area contributed by atoms with E-state index in [2.05, 4.69) is 5.43 Å². The highest BCUT2D eigenvalue weighted by Crippen LogP contribution is 2.44. The van der Waals surface area contributed by atoms with Gasteiger partial charge in [0.2, 0.25) is 5.91 Å². The third-order valence-corrected chi connectivity index (χ3v) is 4.22. The number of benzene rings is 2. The molecule has 1 fully saturated rings. The maximum atomic E-state index is 14.5. The second-order valence-electron chi connectivity index (χ2n) is 6.56. The van der Waals surface area contributed by atoms with Crippen molar-refractivity contribution < 1.29 is 22.4 Å². The minimum atomic E-state index is -4.75. The van der Waals surface area contributed by atoms with Crippen LogP contribution in [-0.2, 0) is 4.79 Å². The zero-order valence-corrected chi connectivity index (χ0v) is 13.1. The van der Waals surface area contributed by atoms with Gasteiger partial charge >= 0.3 is 6.18 Å². The van der Waals surface area contributed by atoms with E-state index in [9.17, 15) is 22.4 Å². The van der Waals surface area contributed by atoms with Gasteiger partial charge in [-0.2, -0.15) is 18.2 Å². The van der Waals surface area contributed by atoms with Crippen LogP contribution in [0.15, 0.2) is 36.4 Å². The number of carbonyl (C=O) groups excluding carboxylic acids is 1. The lowest BCUT2D eigenvalue weighted by atomic mass is 9.95. The summed E-state index contributed by atoms with van der Waals surface area (Å²) in [7, 11) is 0. The van der Waals surface area contributed by atoms with Crippen LogP contribution in [0.1, 0.15) is 31.9 Å². The Morgan fingerprint density at radius 1 is 1.17 bits per heavy atom. The minimum Gasteiger partial charge on any atom is -0.287 e. The molecule has 0 unspecified atom stereocenters. The molecule has 0 aliphatic carbocycles. The molecule has 0 saturated carbocycles. The van der Waals surface area contributed by atoms with Crippen LogP contribution in [-0.4, -0.2) is 22.6 Å². The van der Waals surface area contributed by atoms with Crippen LogP contribution < -0.4 is 5.43 Å². The normalized spacial score (nSPS) is 19.5. The predicted molar refractivity (Wildman–Crippen MR) is 81.4 cm³/mol. The van der Waals surface area contributed by atoms with Crippen molar-refractivity contribution in [2.24, 2.45) is 0 Å². The predicted octanol–water partition coefficient (Wildman–Crippen LogP) is 4.10. The van der Waals surface area contributed by atoms with E-state index < -0.39 is 35.0 Å². The molecule has 128 valence electrons. The fourth-order valence-corrected chi connectivity index (χ4v) is 3.12. The maximum Gasteiger partial charge on any atom is 0.410 e. The molecule has 3 rings (SSSR count). The van der Waals surface area contributed by atoms with Crippen molar-refractivity contribution in [3.8, 4) is 0 Å². The molecule has 1 atom stereocenters. The van der Waals surface area contributed by atoms with Crippen molar-refractivity contribution in [2.45, 2.75) is 38.0 Å². The molecule has 2 aromatic rings. The highest BCUT2D eigenvalue weighted by atomic mass is 19.4. The molecule has 7 heteroatoms. The van der Waals surface area contributed by atoms with E-state index in [0.29, 0.717) is 10.8 Å². The Balaban J connectivity index is 2.17. The summed E-state index contributed by atoms with van der Waals surface area (Å²) in [6.07, 6.45) is -4.84. The number of nitrogens with one attached hydrogen (secondary N) is 1. The van der Waals surface area contributed by atoms with E-state index in [0.717, 1.165) is 11.1 Å². The summed E-state index contributed by atoms with van der Waals surface area (Å²) in [6, 6.07) is 6.65. The summed E-state index contributed by atoms with van der Waals surface area (Å²) in [5.41, 5.74) is 0.641. The molecular weight excluding hydrogens is 324 g/mol. The lowest BCUT2D eigenvalue weighted by Gasteiger charge is -2.38. The van der Waals surface area contributed by atoms with Gasteiger partial charge in [0.05, 0.1) is 0 Å². The molecular formula is C17H16F4N2O. The Bertz CT molecular complexity index is 801. The zero-order valence-electron chi connectivity index (χ0n) is 13.1. The summed E-state index contributed by atoms with van der Waals surface area (Å²) in [6.45, 7) is 3.03. The van der Waals surface area contributed by atoms with E-state index in [4.69, 9.17) is 0 Å². The number of rotatable bonds is 2. The van der Waals surface area contributed by atoms with Crippen molar-refractivity contribution in [3.63, 3.8) is 0 Å². The average molecular weight is 340 g/mol. The summed E-state index contributed by atoms with van der Waals surface area (Å²) in [5, 5.41) is 1.83. The fourth-order valence-electron chi connectivity index (χ4n) is 3.12. The first-order valence-corrected chi connectivity index (χ1v) is 7.43. The second kappa shape index (κ2) is 5.44. The summed E-state index contributed by atoms with van der Waals surface area (Å²) >= 11 is 0. The number of hydrogen-bond acceptors (Lipinski definition) is 2. The van der Waals surface area contributed by atoms with Crippen LogP contribution in [0, 0.1) is 5.82 Å². The van der Waals surface area contributed by atoms with Crippen molar-refractivity contribution in [3.05, 3.63) is 47.8 Å². The van der Waals surface area contributed by atoms with Gasteiger partial charge in [0.1, 0.15) is 5.82 Å². The first-order chi connectivity index (χ1) is 11.1. The molecule has 1 amide bonds. The van der Waals surface area contributed by atoms with E-state index in [-0.39, 0.29) is 6.42 Å². The Hall–Kier alpha value is -2.15. The van der Waals surface area contributed by atoms with Crippen LogP contribution >= 0.6 is 0 Å². The first kappa shape index (κ1) is 16.7. The quantitative estimate of drug-likeness (QED) is 0.835. The smallest absolute Gasteiger partial charge is 0.287 e. The fraction of sp³-hybridized carbons (Fsp3) is 0.353. The summed E-state index contributed by atoms with van der Waals surface area (Å²) in [4.78, 5) is 11.6. The number of fused-ring (bicyclic) bond motifs is 1. The maximum absolute atomic E-state index is 14.5. The first-order valence-electron chi connectivity index (χ1n) is 7.43. The Kier molecular flexibility index (Phi) is 3.79. The lowest BCUT2D eigenvalue weighted by Crippen LogP contribution is -2.51.